The van der Waals surface area contributed by atoms with Crippen molar-refractivity contribution in [2.24, 2.45) is 10.2 Å². The lowest BCUT2D eigenvalue weighted by atomic mass is 10.2. The molecule has 0 aliphatic rings. The van der Waals surface area contributed by atoms with Gasteiger partial charge in [0.15, 0.2) is 0 Å². The number of rotatable bonds is 8. The molecule has 3 rings (SSSR count). The Balaban J connectivity index is 1.85. The molecule has 0 heterocycles. The summed E-state index contributed by atoms with van der Waals surface area (Å²) in [5.41, 5.74) is 1.64. The van der Waals surface area contributed by atoms with E-state index in [0.717, 1.165) is 18.2 Å². The quantitative estimate of drug-likeness (QED) is 0.269. The number of nitrogens with zero attached hydrogens (tertiary/aromatic N) is 3. The van der Waals surface area contributed by atoms with Gasteiger partial charge in [-0.25, -0.2) is 13.6 Å². The second-order valence-corrected chi connectivity index (χ2v) is 8.34. The van der Waals surface area contributed by atoms with Crippen molar-refractivity contribution in [1.29, 1.82) is 0 Å². The molecule has 170 valence electrons. The summed E-state index contributed by atoms with van der Waals surface area (Å²) in [6.45, 7) is 0. The van der Waals surface area contributed by atoms with Gasteiger partial charge in [-0.15, -0.1) is 0 Å². The second kappa shape index (κ2) is 9.60. The molecule has 0 fully saturated rings. The molecule has 0 aliphatic heterocycles. The smallest absolute Gasteiger partial charge is 0.312 e. The Hall–Kier alpha value is -4.07. The molecule has 14 heteroatoms. The topological polar surface area (TPSA) is 180 Å². The van der Waals surface area contributed by atoms with Crippen LogP contribution in [-0.4, -0.2) is 24.5 Å². The van der Waals surface area contributed by atoms with E-state index in [1.165, 1.54) is 24.4 Å². The van der Waals surface area contributed by atoms with E-state index in [1.54, 1.807) is 24.3 Å². The van der Waals surface area contributed by atoms with Gasteiger partial charge in [-0.1, -0.05) is 23.7 Å². The van der Waals surface area contributed by atoms with Crippen LogP contribution in [0.5, 0.6) is 11.5 Å². The zero-order valence-corrected chi connectivity index (χ0v) is 18.0. The fraction of sp³-hybridized carbons (Fsp3) is 0. The Kier molecular flexibility index (Phi) is 6.86. The van der Waals surface area contributed by atoms with Crippen molar-refractivity contribution in [1.82, 2.24) is 0 Å². The van der Waals surface area contributed by atoms with Crippen LogP contribution in [0.2, 0.25) is 5.02 Å². The predicted octanol–water partition coefficient (Wildman–Crippen LogP) is 4.04. The summed E-state index contributed by atoms with van der Waals surface area (Å²) in [7, 11) is -4.14. The predicted molar refractivity (Wildman–Crippen MR) is 120 cm³/mol. The van der Waals surface area contributed by atoms with E-state index in [2.05, 4.69) is 10.5 Å². The molecule has 12 nitrogen and oxygen atoms in total. The van der Waals surface area contributed by atoms with Gasteiger partial charge >= 0.3 is 5.69 Å². The third-order valence-corrected chi connectivity index (χ3v) is 5.35. The second-order valence-electron chi connectivity index (χ2n) is 6.37. The molecule has 0 aromatic heterocycles. The lowest BCUT2D eigenvalue weighted by molar-refractivity contribution is -0.385. The van der Waals surface area contributed by atoms with Crippen LogP contribution >= 0.6 is 11.6 Å². The third kappa shape index (κ3) is 5.79. The molecular formula is C19H14ClN5O7S. The van der Waals surface area contributed by atoms with E-state index in [1.807, 2.05) is 0 Å². The number of halogens is 1. The van der Waals surface area contributed by atoms with Crippen LogP contribution < -0.4 is 15.3 Å². The summed E-state index contributed by atoms with van der Waals surface area (Å²) in [4.78, 5) is 20.8. The van der Waals surface area contributed by atoms with Crippen molar-refractivity contribution in [3.8, 4) is 11.5 Å². The molecule has 0 saturated heterocycles. The lowest BCUT2D eigenvalue weighted by Crippen LogP contribution is -2.12. The lowest BCUT2D eigenvalue weighted by Gasteiger charge is -2.08. The Labute approximate surface area is 191 Å². The maximum atomic E-state index is 11.5. The zero-order chi connectivity index (χ0) is 24.2. The van der Waals surface area contributed by atoms with Crippen LogP contribution in [0.3, 0.4) is 0 Å². The molecule has 3 aromatic carbocycles. The van der Waals surface area contributed by atoms with Crippen molar-refractivity contribution in [3.05, 3.63) is 91.5 Å². The number of ether oxygens (including phenoxy) is 1. The molecule has 0 radical (unpaired) electrons. The highest BCUT2D eigenvalue weighted by Gasteiger charge is 2.19. The van der Waals surface area contributed by atoms with Gasteiger partial charge in [0.25, 0.3) is 5.69 Å². The number of benzene rings is 3. The molecule has 0 bridgehead atoms. The first-order valence-electron chi connectivity index (χ1n) is 8.87. The van der Waals surface area contributed by atoms with E-state index in [-0.39, 0.29) is 33.5 Å². The summed E-state index contributed by atoms with van der Waals surface area (Å²) in [6.07, 6.45) is 1.18. The number of nitro groups is 2. The van der Waals surface area contributed by atoms with E-state index < -0.39 is 30.5 Å². The largest absolute Gasteiger partial charge is 0.449 e. The maximum Gasteiger partial charge on any atom is 0.312 e. The molecule has 0 saturated carbocycles. The number of hydrogen-bond acceptors (Lipinski definition) is 9. The number of sulfonamides is 1. The van der Waals surface area contributed by atoms with Crippen LogP contribution in [0.1, 0.15) is 5.56 Å². The van der Waals surface area contributed by atoms with Crippen LogP contribution in [-0.2, 0) is 10.0 Å². The highest BCUT2D eigenvalue weighted by molar-refractivity contribution is 7.89. The molecule has 3 aromatic rings. The number of anilines is 1. The van der Waals surface area contributed by atoms with Gasteiger partial charge in [-0.05, 0) is 36.4 Å². The highest BCUT2D eigenvalue weighted by Crippen LogP contribution is 2.35. The van der Waals surface area contributed by atoms with Crippen molar-refractivity contribution >= 4 is 44.9 Å². The number of para-hydroxylation sites is 1. The normalized spacial score (nSPS) is 11.3. The zero-order valence-electron chi connectivity index (χ0n) is 16.4. The molecule has 0 atom stereocenters. The minimum Gasteiger partial charge on any atom is -0.449 e. The monoisotopic (exact) mass is 491 g/mol. The van der Waals surface area contributed by atoms with Crippen LogP contribution in [0.15, 0.2) is 70.7 Å². The van der Waals surface area contributed by atoms with Gasteiger partial charge in [0.1, 0.15) is 11.4 Å². The molecule has 0 unspecified atom stereocenters. The van der Waals surface area contributed by atoms with Crippen molar-refractivity contribution < 1.29 is 23.0 Å². The van der Waals surface area contributed by atoms with Gasteiger partial charge in [0.05, 0.1) is 26.0 Å². The third-order valence-electron chi connectivity index (χ3n) is 4.13. The number of hydrogen-bond donors (Lipinski definition) is 2. The molecule has 0 aliphatic carbocycles. The Morgan fingerprint density at radius 2 is 1.67 bits per heavy atom. The van der Waals surface area contributed by atoms with Crippen molar-refractivity contribution in [2.45, 2.75) is 4.90 Å². The van der Waals surface area contributed by atoms with Crippen molar-refractivity contribution in [3.63, 3.8) is 0 Å². The number of nitrogens with two attached hydrogens (primary N) is 1. The summed E-state index contributed by atoms with van der Waals surface area (Å²) >= 11 is 6.02. The van der Waals surface area contributed by atoms with Gasteiger partial charge < -0.3 is 4.74 Å². The summed E-state index contributed by atoms with van der Waals surface area (Å²) in [5, 5.41) is 31.8. The maximum absolute atomic E-state index is 11.5. The minimum absolute atomic E-state index is 0.0487. The summed E-state index contributed by atoms with van der Waals surface area (Å²) in [6, 6.07) is 13.5. The fourth-order valence-corrected chi connectivity index (χ4v) is 3.31. The summed E-state index contributed by atoms with van der Waals surface area (Å²) in [5.74, 6) is 0.188. The number of nitro benzene ring substituents is 2. The fourth-order valence-electron chi connectivity index (χ4n) is 2.60. The van der Waals surface area contributed by atoms with Gasteiger partial charge in [-0.3, -0.25) is 25.7 Å². The first kappa shape index (κ1) is 23.6. The van der Waals surface area contributed by atoms with Gasteiger partial charge in [-0.2, -0.15) is 5.10 Å². The van der Waals surface area contributed by atoms with Gasteiger partial charge in [0.2, 0.25) is 15.8 Å². The standard InChI is InChI=1S/C19H14ClN5O7S/c20-14-3-1-2-4-18(14)32-19-8-5-12(9-17(19)25(28)29)11-22-23-15-7-6-13(33(21,30)31)10-16(15)24(26)27/h1-11,23H,(H2,21,30,31)/b22-11+. The van der Waals surface area contributed by atoms with Crippen LogP contribution in [0.4, 0.5) is 17.1 Å². The Morgan fingerprint density at radius 3 is 2.30 bits per heavy atom. The Bertz CT molecular complexity index is 1380. The average molecular weight is 492 g/mol. The van der Waals surface area contributed by atoms with Crippen LogP contribution in [0.25, 0.3) is 0 Å². The molecule has 0 amide bonds. The summed E-state index contributed by atoms with van der Waals surface area (Å²) < 4.78 is 28.3. The number of nitrogens with one attached hydrogen (secondary N) is 1. The molecule has 33 heavy (non-hydrogen) atoms. The van der Waals surface area contributed by atoms with E-state index in [9.17, 15) is 28.6 Å². The molecule has 0 spiro atoms. The number of hydrazone groups is 1. The van der Waals surface area contributed by atoms with E-state index in [4.69, 9.17) is 21.5 Å². The molecular weight excluding hydrogens is 478 g/mol. The first-order valence-corrected chi connectivity index (χ1v) is 10.8. The first-order chi connectivity index (χ1) is 15.6. The van der Waals surface area contributed by atoms with Crippen LogP contribution in [0, 0.1) is 20.2 Å². The van der Waals surface area contributed by atoms with E-state index in [0.29, 0.717) is 0 Å². The Morgan fingerprint density at radius 1 is 0.970 bits per heavy atom. The number of primary sulfonamides is 1. The van der Waals surface area contributed by atoms with E-state index >= 15 is 0 Å². The minimum atomic E-state index is -4.14. The van der Waals surface area contributed by atoms with Gasteiger partial charge in [0, 0.05) is 17.7 Å². The average Bonchev–Trinajstić information content (AvgIpc) is 2.75. The molecule has 3 N–H and O–H groups in total. The van der Waals surface area contributed by atoms with Crippen molar-refractivity contribution in [2.75, 3.05) is 5.43 Å². The SMILES string of the molecule is NS(=O)(=O)c1ccc(N/N=C/c2ccc(Oc3ccccc3Cl)c([N+](=O)[O-])c2)c([N+](=O)[O-])c1. The highest BCUT2D eigenvalue weighted by atomic mass is 35.5.